The Morgan fingerprint density at radius 2 is 1.90 bits per heavy atom. The van der Waals surface area contributed by atoms with Crippen LogP contribution in [0.3, 0.4) is 0 Å². The van der Waals surface area contributed by atoms with E-state index in [1.165, 1.54) is 10.9 Å². The molecular weight excluding hydrogens is 280 g/mol. The van der Waals surface area contributed by atoms with Crippen molar-refractivity contribution in [2.24, 2.45) is 0 Å². The number of rotatable bonds is 6. The minimum absolute atomic E-state index is 0.0494. The number of hydrogen-bond donors (Lipinski definition) is 1. The van der Waals surface area contributed by atoms with Gasteiger partial charge in [0.1, 0.15) is 5.75 Å². The van der Waals surface area contributed by atoms with E-state index >= 15 is 0 Å². The molecule has 2 aromatic rings. The minimum Gasteiger partial charge on any atom is -0.435 e. The third-order valence-electron chi connectivity index (χ3n) is 3.05. The van der Waals surface area contributed by atoms with Crippen molar-refractivity contribution in [3.05, 3.63) is 52.2 Å². The van der Waals surface area contributed by atoms with E-state index in [1.807, 2.05) is 24.4 Å². The maximum atomic E-state index is 12.2. The molecule has 0 aliphatic heterocycles. The van der Waals surface area contributed by atoms with Gasteiger partial charge >= 0.3 is 6.61 Å². The van der Waals surface area contributed by atoms with Crippen LogP contribution in [0.1, 0.15) is 36.4 Å². The average Bonchev–Trinajstić information content (AvgIpc) is 2.92. The van der Waals surface area contributed by atoms with E-state index in [9.17, 15) is 8.78 Å². The van der Waals surface area contributed by atoms with E-state index in [0.717, 1.165) is 5.56 Å². The molecule has 2 rings (SSSR count). The summed E-state index contributed by atoms with van der Waals surface area (Å²) < 4.78 is 28.8. The van der Waals surface area contributed by atoms with Gasteiger partial charge in [0.15, 0.2) is 0 Å². The van der Waals surface area contributed by atoms with Gasteiger partial charge in [0.2, 0.25) is 0 Å². The zero-order valence-electron chi connectivity index (χ0n) is 11.3. The fourth-order valence-corrected chi connectivity index (χ4v) is 2.79. The Bertz CT molecular complexity index is 530. The fourth-order valence-electron chi connectivity index (χ4n) is 2.05. The van der Waals surface area contributed by atoms with E-state index in [2.05, 4.69) is 23.0 Å². The maximum Gasteiger partial charge on any atom is 0.387 e. The van der Waals surface area contributed by atoms with Crippen molar-refractivity contribution in [3.8, 4) is 5.75 Å². The first kappa shape index (κ1) is 14.9. The monoisotopic (exact) mass is 297 g/mol. The van der Waals surface area contributed by atoms with Gasteiger partial charge in [0.25, 0.3) is 0 Å². The summed E-state index contributed by atoms with van der Waals surface area (Å²) in [5.74, 6) is 0.190. The summed E-state index contributed by atoms with van der Waals surface area (Å²) in [4.78, 5) is 1.25. The molecule has 1 N–H and O–H groups in total. The molecule has 0 saturated carbocycles. The molecule has 1 aromatic carbocycles. The Morgan fingerprint density at radius 3 is 2.55 bits per heavy atom. The van der Waals surface area contributed by atoms with Crippen LogP contribution in [0, 0.1) is 0 Å². The van der Waals surface area contributed by atoms with Crippen LogP contribution in [0.2, 0.25) is 0 Å². The molecule has 0 bridgehead atoms. The molecule has 2 nitrogen and oxygen atoms in total. The molecule has 0 aliphatic rings. The van der Waals surface area contributed by atoms with Crippen LogP contribution >= 0.6 is 11.3 Å². The van der Waals surface area contributed by atoms with E-state index < -0.39 is 6.61 Å². The highest BCUT2D eigenvalue weighted by Crippen LogP contribution is 2.25. The minimum atomic E-state index is -2.79. The molecule has 20 heavy (non-hydrogen) atoms. The fraction of sp³-hybridized carbons (Fsp3) is 0.333. The smallest absolute Gasteiger partial charge is 0.387 e. The summed E-state index contributed by atoms with van der Waals surface area (Å²) in [5.41, 5.74) is 0.923. The van der Waals surface area contributed by atoms with E-state index in [1.54, 1.807) is 23.5 Å². The van der Waals surface area contributed by atoms with Crippen molar-refractivity contribution in [2.45, 2.75) is 32.5 Å². The molecule has 1 aromatic heterocycles. The van der Waals surface area contributed by atoms with Crippen LogP contribution in [0.4, 0.5) is 8.78 Å². The van der Waals surface area contributed by atoms with Crippen LogP contribution in [0.25, 0.3) is 0 Å². The van der Waals surface area contributed by atoms with Crippen molar-refractivity contribution in [1.82, 2.24) is 5.32 Å². The number of benzene rings is 1. The lowest BCUT2D eigenvalue weighted by molar-refractivity contribution is -0.0499. The highest BCUT2D eigenvalue weighted by molar-refractivity contribution is 7.10. The molecule has 2 atom stereocenters. The van der Waals surface area contributed by atoms with Crippen LogP contribution in [-0.2, 0) is 0 Å². The van der Waals surface area contributed by atoms with Crippen LogP contribution in [0.15, 0.2) is 41.8 Å². The third kappa shape index (κ3) is 4.02. The van der Waals surface area contributed by atoms with Crippen LogP contribution in [-0.4, -0.2) is 6.61 Å². The highest BCUT2D eigenvalue weighted by atomic mass is 32.1. The number of nitrogens with one attached hydrogen (secondary N) is 1. The largest absolute Gasteiger partial charge is 0.435 e. The lowest BCUT2D eigenvalue weighted by Crippen LogP contribution is -2.21. The molecule has 0 fully saturated rings. The Kier molecular flexibility index (Phi) is 5.09. The normalized spacial score (nSPS) is 14.2. The first-order valence-corrected chi connectivity index (χ1v) is 7.28. The van der Waals surface area contributed by atoms with E-state index in [4.69, 9.17) is 0 Å². The molecule has 5 heteroatoms. The van der Waals surface area contributed by atoms with Crippen LogP contribution in [0.5, 0.6) is 5.75 Å². The molecule has 108 valence electrons. The quantitative estimate of drug-likeness (QED) is 0.830. The Balaban J connectivity index is 2.03. The first-order valence-electron chi connectivity index (χ1n) is 6.40. The number of alkyl halides is 2. The van der Waals surface area contributed by atoms with Gasteiger partial charge in [-0.2, -0.15) is 8.78 Å². The number of thiophene rings is 1. The summed E-state index contributed by atoms with van der Waals surface area (Å²) >= 11 is 1.69. The third-order valence-corrected chi connectivity index (χ3v) is 4.11. The second-order valence-corrected chi connectivity index (χ2v) is 5.56. The highest BCUT2D eigenvalue weighted by Gasteiger charge is 2.13. The Hall–Kier alpha value is -1.46. The van der Waals surface area contributed by atoms with Gasteiger partial charge in [-0.05, 0) is 43.0 Å². The van der Waals surface area contributed by atoms with Gasteiger partial charge in [0, 0.05) is 17.0 Å². The van der Waals surface area contributed by atoms with Crippen LogP contribution < -0.4 is 10.1 Å². The Morgan fingerprint density at radius 1 is 1.10 bits per heavy atom. The molecule has 0 aliphatic carbocycles. The van der Waals surface area contributed by atoms with E-state index in [-0.39, 0.29) is 17.8 Å². The number of hydrogen-bond acceptors (Lipinski definition) is 3. The predicted molar refractivity (Wildman–Crippen MR) is 77.4 cm³/mol. The van der Waals surface area contributed by atoms with Gasteiger partial charge in [0.05, 0.1) is 0 Å². The number of ether oxygens (including phenoxy) is 1. The number of halogens is 2. The zero-order chi connectivity index (χ0) is 14.5. The summed E-state index contributed by atoms with van der Waals surface area (Å²) in [6, 6.07) is 11.2. The van der Waals surface area contributed by atoms with Gasteiger partial charge in [-0.25, -0.2) is 0 Å². The summed E-state index contributed by atoms with van der Waals surface area (Å²) in [6.07, 6.45) is 0. The lowest BCUT2D eigenvalue weighted by atomic mass is 10.1. The van der Waals surface area contributed by atoms with Crippen molar-refractivity contribution in [3.63, 3.8) is 0 Å². The molecule has 0 saturated heterocycles. The molecule has 0 radical (unpaired) electrons. The standard InChI is InChI=1S/C15H17F2NOS/c1-10(18-11(2)14-7-4-8-20-14)12-5-3-6-13(9-12)19-15(16)17/h3-11,15,18H,1-2H3/t10?,11-/m1/s1. The summed E-state index contributed by atoms with van der Waals surface area (Å²) in [7, 11) is 0. The maximum absolute atomic E-state index is 12.2. The zero-order valence-corrected chi connectivity index (χ0v) is 12.2. The molecular formula is C15H17F2NOS. The summed E-state index contributed by atoms with van der Waals surface area (Å²) in [6.45, 7) is 1.30. The average molecular weight is 297 g/mol. The molecule has 1 heterocycles. The predicted octanol–water partition coefficient (Wildman–Crippen LogP) is 4.76. The SMILES string of the molecule is CC(N[C@H](C)c1cccs1)c1cccc(OC(F)F)c1. The topological polar surface area (TPSA) is 21.3 Å². The van der Waals surface area contributed by atoms with Crippen molar-refractivity contribution >= 4 is 11.3 Å². The van der Waals surface area contributed by atoms with Gasteiger partial charge in [-0.15, -0.1) is 11.3 Å². The van der Waals surface area contributed by atoms with Gasteiger partial charge < -0.3 is 10.1 Å². The first-order chi connectivity index (χ1) is 9.56. The second kappa shape index (κ2) is 6.81. The lowest BCUT2D eigenvalue weighted by Gasteiger charge is -2.20. The molecule has 1 unspecified atom stereocenters. The second-order valence-electron chi connectivity index (χ2n) is 4.58. The Labute approximate surface area is 121 Å². The van der Waals surface area contributed by atoms with Crippen molar-refractivity contribution in [1.29, 1.82) is 0 Å². The summed E-state index contributed by atoms with van der Waals surface area (Å²) in [5, 5.41) is 5.48. The van der Waals surface area contributed by atoms with Crippen molar-refractivity contribution < 1.29 is 13.5 Å². The van der Waals surface area contributed by atoms with E-state index in [0.29, 0.717) is 0 Å². The van der Waals surface area contributed by atoms with Crippen molar-refractivity contribution in [2.75, 3.05) is 0 Å². The molecule has 0 spiro atoms. The van der Waals surface area contributed by atoms with Gasteiger partial charge in [-0.1, -0.05) is 18.2 Å². The van der Waals surface area contributed by atoms with Gasteiger partial charge in [-0.3, -0.25) is 0 Å². The molecule has 0 amide bonds.